The molecule has 2 saturated heterocycles. The first-order chi connectivity index (χ1) is 11.3. The van der Waals surface area contributed by atoms with Gasteiger partial charge < -0.3 is 54.7 Å². The van der Waals surface area contributed by atoms with Gasteiger partial charge in [0, 0.05) is 7.11 Å². The maximum Gasteiger partial charge on any atom is 0.187 e. The lowest BCUT2D eigenvalue weighted by Gasteiger charge is -2.45. The summed E-state index contributed by atoms with van der Waals surface area (Å²) in [5.74, 6) is 0. The first-order valence-corrected chi connectivity index (χ1v) is 7.46. The van der Waals surface area contributed by atoms with Gasteiger partial charge in [0.25, 0.3) is 0 Å². The lowest BCUT2D eigenvalue weighted by Crippen LogP contribution is -2.64. The topological polar surface area (TPSA) is 179 Å². The Bertz CT molecular complexity index is 396. The second-order valence-electron chi connectivity index (χ2n) is 5.74. The fourth-order valence-electron chi connectivity index (χ4n) is 2.83. The van der Waals surface area contributed by atoms with E-state index in [1.807, 2.05) is 0 Å². The van der Waals surface area contributed by atoms with E-state index in [-0.39, 0.29) is 0 Å². The van der Waals surface area contributed by atoms with Crippen molar-refractivity contribution in [3.8, 4) is 0 Å². The lowest BCUT2D eigenvalue weighted by atomic mass is 9.97. The average Bonchev–Trinajstić information content (AvgIpc) is 2.57. The van der Waals surface area contributed by atoms with Crippen LogP contribution in [-0.2, 0) is 18.9 Å². The molecule has 2 rings (SSSR count). The SMILES string of the molecule is COC1C(O)[C@H](OC2C(O)[C@H](O)OC(CO)[C@H]2O)OC(CO)[C@H]1O. The quantitative estimate of drug-likeness (QED) is 0.251. The molecule has 24 heavy (non-hydrogen) atoms. The normalized spacial score (nSPS) is 50.0. The van der Waals surface area contributed by atoms with Crippen LogP contribution in [-0.4, -0.2) is 117 Å². The van der Waals surface area contributed by atoms with Crippen molar-refractivity contribution in [3.05, 3.63) is 0 Å². The Hall–Kier alpha value is -0.440. The highest BCUT2D eigenvalue weighted by Crippen LogP contribution is 2.29. The zero-order valence-corrected chi connectivity index (χ0v) is 13.0. The number of methoxy groups -OCH3 is 1. The summed E-state index contributed by atoms with van der Waals surface area (Å²) in [5, 5.41) is 68.1. The van der Waals surface area contributed by atoms with Crippen molar-refractivity contribution < 1.29 is 54.7 Å². The van der Waals surface area contributed by atoms with Gasteiger partial charge in [-0.15, -0.1) is 0 Å². The summed E-state index contributed by atoms with van der Waals surface area (Å²) in [6.07, 6.45) is -14.2. The summed E-state index contributed by atoms with van der Waals surface area (Å²) in [4.78, 5) is 0. The molecule has 10 atom stereocenters. The smallest absolute Gasteiger partial charge is 0.187 e. The predicted octanol–water partition coefficient (Wildman–Crippen LogP) is -4.74. The van der Waals surface area contributed by atoms with E-state index < -0.39 is 74.6 Å². The Morgan fingerprint density at radius 2 is 1.29 bits per heavy atom. The fraction of sp³-hybridized carbons (Fsp3) is 1.00. The van der Waals surface area contributed by atoms with Gasteiger partial charge in [-0.2, -0.15) is 0 Å². The van der Waals surface area contributed by atoms with E-state index in [0.717, 1.165) is 0 Å². The van der Waals surface area contributed by atoms with E-state index in [9.17, 15) is 30.6 Å². The van der Waals surface area contributed by atoms with Crippen LogP contribution in [0.2, 0.25) is 0 Å². The standard InChI is InChI=1S/C13H24O11/c1-21-10-6(16)5(3-15)23-13(9(10)19)24-11-7(17)4(2-14)22-12(20)8(11)18/h4-20H,2-3H2,1H3/t4?,5?,6-,7-,8?,9?,10?,11?,12-,13+/m1/s1. The molecule has 0 spiro atoms. The molecule has 0 aromatic rings. The maximum atomic E-state index is 10.2. The zero-order valence-electron chi connectivity index (χ0n) is 13.0. The van der Waals surface area contributed by atoms with Gasteiger partial charge in [-0.25, -0.2) is 0 Å². The third-order valence-corrected chi connectivity index (χ3v) is 4.23. The second-order valence-corrected chi connectivity index (χ2v) is 5.74. The number of aliphatic hydroxyl groups excluding tert-OH is 7. The van der Waals surface area contributed by atoms with Crippen LogP contribution in [0.4, 0.5) is 0 Å². The van der Waals surface area contributed by atoms with Crippen molar-refractivity contribution in [2.75, 3.05) is 20.3 Å². The molecule has 2 aliphatic heterocycles. The summed E-state index contributed by atoms with van der Waals surface area (Å²) in [6.45, 7) is -1.23. The zero-order chi connectivity index (χ0) is 18.0. The number of rotatable bonds is 5. The molecular formula is C13H24O11. The number of hydrogen-bond donors (Lipinski definition) is 7. The maximum absolute atomic E-state index is 10.2. The van der Waals surface area contributed by atoms with E-state index in [2.05, 4.69) is 0 Å². The van der Waals surface area contributed by atoms with Gasteiger partial charge in [-0.3, -0.25) is 0 Å². The van der Waals surface area contributed by atoms with E-state index in [1.54, 1.807) is 0 Å². The molecule has 11 nitrogen and oxygen atoms in total. The van der Waals surface area contributed by atoms with Gasteiger partial charge in [0.2, 0.25) is 0 Å². The summed E-state index contributed by atoms with van der Waals surface area (Å²) in [6, 6.07) is 0. The molecule has 142 valence electrons. The highest BCUT2D eigenvalue weighted by Gasteiger charge is 2.50. The number of ether oxygens (including phenoxy) is 4. The third-order valence-electron chi connectivity index (χ3n) is 4.23. The summed E-state index contributed by atoms with van der Waals surface area (Å²) >= 11 is 0. The minimum atomic E-state index is -1.73. The molecule has 0 radical (unpaired) electrons. The van der Waals surface area contributed by atoms with Crippen molar-refractivity contribution in [2.24, 2.45) is 0 Å². The van der Waals surface area contributed by atoms with Gasteiger partial charge in [0.15, 0.2) is 12.6 Å². The highest BCUT2D eigenvalue weighted by atomic mass is 16.7. The minimum Gasteiger partial charge on any atom is -0.394 e. The van der Waals surface area contributed by atoms with Crippen LogP contribution in [0.5, 0.6) is 0 Å². The van der Waals surface area contributed by atoms with Crippen LogP contribution in [0.1, 0.15) is 0 Å². The first kappa shape index (κ1) is 19.9. The molecule has 7 N–H and O–H groups in total. The van der Waals surface area contributed by atoms with Crippen molar-refractivity contribution in [3.63, 3.8) is 0 Å². The second kappa shape index (κ2) is 8.29. The Morgan fingerprint density at radius 1 is 0.750 bits per heavy atom. The van der Waals surface area contributed by atoms with Crippen LogP contribution in [0.3, 0.4) is 0 Å². The molecule has 0 aromatic carbocycles. The van der Waals surface area contributed by atoms with Gasteiger partial charge in [0.1, 0.15) is 48.8 Å². The molecule has 0 aliphatic carbocycles. The molecule has 2 aliphatic rings. The van der Waals surface area contributed by atoms with Crippen LogP contribution in [0, 0.1) is 0 Å². The molecule has 2 fully saturated rings. The summed E-state index contributed by atoms with van der Waals surface area (Å²) in [5.41, 5.74) is 0. The first-order valence-electron chi connectivity index (χ1n) is 7.46. The van der Waals surface area contributed by atoms with E-state index in [0.29, 0.717) is 0 Å². The van der Waals surface area contributed by atoms with Crippen molar-refractivity contribution in [1.29, 1.82) is 0 Å². The van der Waals surface area contributed by atoms with Crippen molar-refractivity contribution in [2.45, 2.75) is 61.4 Å². The van der Waals surface area contributed by atoms with Crippen LogP contribution in [0.15, 0.2) is 0 Å². The molecule has 11 heteroatoms. The Kier molecular flexibility index (Phi) is 6.87. The van der Waals surface area contributed by atoms with E-state index in [1.165, 1.54) is 7.11 Å². The fourth-order valence-corrected chi connectivity index (χ4v) is 2.83. The number of aliphatic hydroxyl groups is 7. The minimum absolute atomic E-state index is 0.589. The van der Waals surface area contributed by atoms with Crippen LogP contribution < -0.4 is 0 Å². The lowest BCUT2D eigenvalue weighted by molar-refractivity contribution is -0.357. The molecular weight excluding hydrogens is 332 g/mol. The molecule has 0 bridgehead atoms. The molecule has 0 amide bonds. The summed E-state index contributed by atoms with van der Waals surface area (Å²) < 4.78 is 20.4. The molecule has 2 heterocycles. The predicted molar refractivity (Wildman–Crippen MR) is 73.4 cm³/mol. The highest BCUT2D eigenvalue weighted by molar-refractivity contribution is 4.94. The third kappa shape index (κ3) is 3.71. The number of hydrogen-bond acceptors (Lipinski definition) is 11. The average molecular weight is 356 g/mol. The molecule has 0 saturated carbocycles. The Labute approximate surface area is 137 Å². The van der Waals surface area contributed by atoms with E-state index >= 15 is 0 Å². The largest absolute Gasteiger partial charge is 0.394 e. The van der Waals surface area contributed by atoms with Crippen LogP contribution >= 0.6 is 0 Å². The van der Waals surface area contributed by atoms with Crippen molar-refractivity contribution in [1.82, 2.24) is 0 Å². The molecule has 6 unspecified atom stereocenters. The van der Waals surface area contributed by atoms with Crippen LogP contribution in [0.25, 0.3) is 0 Å². The van der Waals surface area contributed by atoms with Gasteiger partial charge in [0.05, 0.1) is 13.2 Å². The van der Waals surface area contributed by atoms with E-state index in [4.69, 9.17) is 24.1 Å². The Morgan fingerprint density at radius 3 is 1.83 bits per heavy atom. The monoisotopic (exact) mass is 356 g/mol. The van der Waals surface area contributed by atoms with Gasteiger partial charge >= 0.3 is 0 Å². The van der Waals surface area contributed by atoms with Gasteiger partial charge in [-0.05, 0) is 0 Å². The van der Waals surface area contributed by atoms with Gasteiger partial charge in [-0.1, -0.05) is 0 Å². The summed E-state index contributed by atoms with van der Waals surface area (Å²) in [7, 11) is 1.23. The molecule has 0 aromatic heterocycles. The van der Waals surface area contributed by atoms with Crippen molar-refractivity contribution >= 4 is 0 Å². The Balaban J connectivity index is 2.14.